The first-order valence-electron chi connectivity index (χ1n) is 4.81. The molecule has 2 heteroatoms. The van der Waals surface area contributed by atoms with Gasteiger partial charge in [-0.25, -0.2) is 0 Å². The molecule has 1 fully saturated rings. The average molecular weight is 182 g/mol. The Labute approximate surface area is 79.6 Å². The minimum absolute atomic E-state index is 0.119. The highest BCUT2D eigenvalue weighted by molar-refractivity contribution is 5.95. The summed E-state index contributed by atoms with van der Waals surface area (Å²) in [5.41, 5.74) is 0.803. The molecule has 0 heterocycles. The molecule has 0 bridgehead atoms. The van der Waals surface area contributed by atoms with Crippen molar-refractivity contribution in [2.24, 2.45) is 11.3 Å². The van der Waals surface area contributed by atoms with Crippen molar-refractivity contribution in [2.45, 2.75) is 40.0 Å². The normalized spacial score (nSPS) is 28.1. The minimum atomic E-state index is 0.119. The average Bonchev–Trinajstić information content (AvgIpc) is 2.02. The zero-order chi connectivity index (χ0) is 10.1. The third-order valence-corrected chi connectivity index (χ3v) is 2.93. The molecule has 1 aliphatic rings. The molecule has 1 rings (SSSR count). The molecule has 0 aromatic carbocycles. The largest absolute Gasteiger partial charge is 0.515 e. The monoisotopic (exact) mass is 182 g/mol. The predicted molar refractivity (Wildman–Crippen MR) is 52.5 cm³/mol. The molecule has 1 saturated carbocycles. The van der Waals surface area contributed by atoms with E-state index in [0.717, 1.165) is 19.1 Å². The van der Waals surface area contributed by atoms with Crippen LogP contribution in [0.25, 0.3) is 0 Å². The number of hydrogen-bond acceptors (Lipinski definition) is 2. The van der Waals surface area contributed by atoms with E-state index in [4.69, 9.17) is 5.11 Å². The van der Waals surface area contributed by atoms with Crippen LogP contribution >= 0.6 is 0 Å². The van der Waals surface area contributed by atoms with Gasteiger partial charge in [0.2, 0.25) is 0 Å². The molecule has 74 valence electrons. The smallest absolute Gasteiger partial charge is 0.162 e. The summed E-state index contributed by atoms with van der Waals surface area (Å²) in [6.45, 7) is 6.50. The van der Waals surface area contributed by atoms with Crippen molar-refractivity contribution >= 4 is 5.78 Å². The number of aliphatic hydroxyl groups is 1. The van der Waals surface area contributed by atoms with E-state index in [9.17, 15) is 4.79 Å². The van der Waals surface area contributed by atoms with Crippen molar-refractivity contribution in [3.05, 3.63) is 11.8 Å². The fourth-order valence-corrected chi connectivity index (χ4v) is 1.80. The maximum Gasteiger partial charge on any atom is 0.162 e. The van der Waals surface area contributed by atoms with Crippen LogP contribution < -0.4 is 0 Å². The molecular weight excluding hydrogens is 164 g/mol. The zero-order valence-electron chi connectivity index (χ0n) is 8.63. The molecule has 0 radical (unpaired) electrons. The molecule has 2 nitrogen and oxygen atoms in total. The maximum atomic E-state index is 11.5. The molecule has 1 atom stereocenters. The Morgan fingerprint density at radius 1 is 1.46 bits per heavy atom. The van der Waals surface area contributed by atoms with Gasteiger partial charge in [-0.05, 0) is 24.2 Å². The summed E-state index contributed by atoms with van der Waals surface area (Å²) in [4.78, 5) is 11.5. The molecule has 1 aliphatic carbocycles. The lowest BCUT2D eigenvalue weighted by Gasteiger charge is -2.33. The summed E-state index contributed by atoms with van der Waals surface area (Å²) in [5, 5.41) is 8.77. The molecule has 0 spiro atoms. The summed E-state index contributed by atoms with van der Waals surface area (Å²) in [5.74, 6) is 0.581. The third-order valence-electron chi connectivity index (χ3n) is 2.93. The fraction of sp³-hybridized carbons (Fsp3) is 0.727. The lowest BCUT2D eigenvalue weighted by molar-refractivity contribution is -0.118. The fourth-order valence-electron chi connectivity index (χ4n) is 1.80. The van der Waals surface area contributed by atoms with Gasteiger partial charge < -0.3 is 5.11 Å². The summed E-state index contributed by atoms with van der Waals surface area (Å²) >= 11 is 0. The molecule has 13 heavy (non-hydrogen) atoms. The summed E-state index contributed by atoms with van der Waals surface area (Å²) < 4.78 is 0. The molecular formula is C11H18O2. The Bertz CT molecular complexity index is 233. The Kier molecular flexibility index (Phi) is 2.79. The summed E-state index contributed by atoms with van der Waals surface area (Å²) in [6.07, 6.45) is 3.32. The van der Waals surface area contributed by atoms with Gasteiger partial charge in [-0.15, -0.1) is 0 Å². The quantitative estimate of drug-likeness (QED) is 0.462. The highest BCUT2D eigenvalue weighted by atomic mass is 16.2. The second-order valence-electron chi connectivity index (χ2n) is 4.88. The van der Waals surface area contributed by atoms with Crippen molar-refractivity contribution in [2.75, 3.05) is 0 Å². The minimum Gasteiger partial charge on any atom is -0.515 e. The van der Waals surface area contributed by atoms with E-state index < -0.39 is 0 Å². The van der Waals surface area contributed by atoms with E-state index >= 15 is 0 Å². The van der Waals surface area contributed by atoms with Gasteiger partial charge in [0, 0.05) is 12.0 Å². The van der Waals surface area contributed by atoms with Crippen molar-refractivity contribution < 1.29 is 9.90 Å². The van der Waals surface area contributed by atoms with Crippen LogP contribution in [0.3, 0.4) is 0 Å². The van der Waals surface area contributed by atoms with Gasteiger partial charge in [-0.1, -0.05) is 20.8 Å². The Balaban J connectivity index is 2.67. The second kappa shape index (κ2) is 3.52. The Morgan fingerprint density at radius 2 is 2.08 bits per heavy atom. The number of allylic oxidation sites excluding steroid dienone is 1. The number of ketones is 1. The summed E-state index contributed by atoms with van der Waals surface area (Å²) in [6, 6.07) is 0. The molecule has 1 unspecified atom stereocenters. The molecule has 1 N–H and O–H groups in total. The van der Waals surface area contributed by atoms with Crippen LogP contribution in [0.2, 0.25) is 0 Å². The molecule has 0 aliphatic heterocycles. The van der Waals surface area contributed by atoms with Crippen LogP contribution in [0.1, 0.15) is 40.0 Å². The zero-order valence-corrected chi connectivity index (χ0v) is 8.63. The number of carbonyl (C=O) groups excluding carboxylic acids is 1. The molecule has 0 saturated heterocycles. The first-order valence-corrected chi connectivity index (χ1v) is 4.81. The van der Waals surface area contributed by atoms with Crippen molar-refractivity contribution in [3.63, 3.8) is 0 Å². The van der Waals surface area contributed by atoms with Crippen molar-refractivity contribution in [1.29, 1.82) is 0 Å². The van der Waals surface area contributed by atoms with Gasteiger partial charge in [-0.2, -0.15) is 0 Å². The Morgan fingerprint density at radius 3 is 2.46 bits per heavy atom. The Hall–Kier alpha value is -0.790. The van der Waals surface area contributed by atoms with Crippen molar-refractivity contribution in [1.82, 2.24) is 0 Å². The number of carbonyl (C=O) groups is 1. The van der Waals surface area contributed by atoms with E-state index in [-0.39, 0.29) is 11.2 Å². The number of hydrogen-bond donors (Lipinski definition) is 1. The van der Waals surface area contributed by atoms with Gasteiger partial charge in [0.25, 0.3) is 0 Å². The number of Topliss-reactive ketones (excluding diaryl/α,β-unsaturated/α-hetero) is 1. The van der Waals surface area contributed by atoms with Gasteiger partial charge in [0.05, 0.1) is 6.26 Å². The van der Waals surface area contributed by atoms with Crippen molar-refractivity contribution in [3.8, 4) is 0 Å². The SMILES string of the molecule is CC(C)(C)C1CC/C(=C\O)C(=O)C1. The predicted octanol–water partition coefficient (Wildman–Crippen LogP) is 2.84. The highest BCUT2D eigenvalue weighted by Gasteiger charge is 2.31. The molecule has 0 aromatic rings. The van der Waals surface area contributed by atoms with Crippen LogP contribution in [0.15, 0.2) is 11.8 Å². The maximum absolute atomic E-state index is 11.5. The van der Waals surface area contributed by atoms with E-state index in [2.05, 4.69) is 20.8 Å². The lowest BCUT2D eigenvalue weighted by Crippen LogP contribution is -2.28. The first kappa shape index (κ1) is 10.3. The van der Waals surface area contributed by atoms with E-state index in [0.29, 0.717) is 17.9 Å². The van der Waals surface area contributed by atoms with Crippen LogP contribution in [-0.4, -0.2) is 10.9 Å². The van der Waals surface area contributed by atoms with Crippen LogP contribution in [0, 0.1) is 11.3 Å². The highest BCUT2D eigenvalue weighted by Crippen LogP contribution is 2.37. The lowest BCUT2D eigenvalue weighted by atomic mass is 9.71. The van der Waals surface area contributed by atoms with Gasteiger partial charge >= 0.3 is 0 Å². The van der Waals surface area contributed by atoms with Gasteiger partial charge in [0.1, 0.15) is 0 Å². The number of rotatable bonds is 0. The first-order chi connectivity index (χ1) is 5.95. The molecule has 0 aromatic heterocycles. The standard InChI is InChI=1S/C11H18O2/c1-11(2,3)9-5-4-8(7-12)10(13)6-9/h7,9,12H,4-6H2,1-3H3/b8-7+. The number of aliphatic hydroxyl groups excluding tert-OH is 1. The van der Waals surface area contributed by atoms with Crippen LogP contribution in [0.4, 0.5) is 0 Å². The summed E-state index contributed by atoms with van der Waals surface area (Å²) in [7, 11) is 0. The van der Waals surface area contributed by atoms with Crippen LogP contribution in [0.5, 0.6) is 0 Å². The van der Waals surface area contributed by atoms with E-state index in [1.807, 2.05) is 0 Å². The topological polar surface area (TPSA) is 37.3 Å². The van der Waals surface area contributed by atoms with E-state index in [1.54, 1.807) is 0 Å². The molecule has 0 amide bonds. The van der Waals surface area contributed by atoms with Crippen LogP contribution in [-0.2, 0) is 4.79 Å². The second-order valence-corrected chi connectivity index (χ2v) is 4.88. The van der Waals surface area contributed by atoms with Gasteiger partial charge in [0.15, 0.2) is 5.78 Å². The van der Waals surface area contributed by atoms with Gasteiger partial charge in [-0.3, -0.25) is 4.79 Å². The third kappa shape index (κ3) is 2.33. The van der Waals surface area contributed by atoms with E-state index in [1.165, 1.54) is 0 Å².